The molecule has 16 heavy (non-hydrogen) atoms. The quantitative estimate of drug-likeness (QED) is 0.608. The van der Waals surface area contributed by atoms with Gasteiger partial charge in [-0.3, -0.25) is 13.9 Å². The number of nitrogens with zero attached hydrogens (tertiary/aromatic N) is 4. The van der Waals surface area contributed by atoms with Crippen molar-refractivity contribution in [3.05, 3.63) is 32.4 Å². The topological polar surface area (TPSA) is 69.8 Å². The maximum absolute atomic E-state index is 11.9. The third-order valence-corrected chi connectivity index (χ3v) is 2.59. The predicted molar refractivity (Wildman–Crippen MR) is 59.5 cm³/mol. The summed E-state index contributed by atoms with van der Waals surface area (Å²) in [5.41, 5.74) is 0.252. The maximum atomic E-state index is 11.9. The summed E-state index contributed by atoms with van der Waals surface area (Å²) in [5.74, 6) is 0.549. The van der Waals surface area contributed by atoms with Crippen molar-refractivity contribution in [3.8, 4) is 0 Å². The van der Waals surface area contributed by atoms with E-state index in [4.69, 9.17) is 0 Å². The molecule has 6 nitrogen and oxygen atoms in total. The Balaban J connectivity index is 3.22. The van der Waals surface area contributed by atoms with Gasteiger partial charge in [-0.25, -0.2) is 14.8 Å². The first-order valence-corrected chi connectivity index (χ1v) is 4.84. The highest BCUT2D eigenvalue weighted by Gasteiger charge is 2.12. The molecular weight excluding hydrogens is 208 g/mol. The predicted octanol–water partition coefficient (Wildman–Crippen LogP) is -0.356. The second-order valence-corrected chi connectivity index (χ2v) is 3.76. The summed E-state index contributed by atoms with van der Waals surface area (Å²) < 4.78 is 2.42. The van der Waals surface area contributed by atoms with Gasteiger partial charge in [0.2, 0.25) is 0 Å². The van der Waals surface area contributed by atoms with E-state index in [9.17, 15) is 9.59 Å². The Kier molecular flexibility index (Phi) is 2.15. The van der Waals surface area contributed by atoms with Crippen molar-refractivity contribution in [1.82, 2.24) is 19.1 Å². The van der Waals surface area contributed by atoms with Crippen LogP contribution in [0.4, 0.5) is 0 Å². The summed E-state index contributed by atoms with van der Waals surface area (Å²) in [5, 5.41) is 0.398. The summed E-state index contributed by atoms with van der Waals surface area (Å²) in [6, 6.07) is 0. The number of hydrogen-bond acceptors (Lipinski definition) is 4. The van der Waals surface area contributed by atoms with Crippen molar-refractivity contribution < 1.29 is 0 Å². The van der Waals surface area contributed by atoms with Crippen molar-refractivity contribution in [2.45, 2.75) is 13.8 Å². The lowest BCUT2D eigenvalue weighted by Gasteiger charge is -2.08. The van der Waals surface area contributed by atoms with Gasteiger partial charge in [0, 0.05) is 14.1 Å². The highest BCUT2D eigenvalue weighted by Crippen LogP contribution is 2.07. The van der Waals surface area contributed by atoms with Crippen molar-refractivity contribution >= 4 is 11.0 Å². The van der Waals surface area contributed by atoms with Gasteiger partial charge in [0.05, 0.1) is 5.69 Å². The Morgan fingerprint density at radius 1 is 1.00 bits per heavy atom. The molecule has 0 radical (unpaired) electrons. The van der Waals surface area contributed by atoms with Crippen LogP contribution >= 0.6 is 0 Å². The van der Waals surface area contributed by atoms with E-state index >= 15 is 0 Å². The highest BCUT2D eigenvalue weighted by molar-refractivity contribution is 5.76. The van der Waals surface area contributed by atoms with E-state index in [1.54, 1.807) is 20.9 Å². The first kappa shape index (κ1) is 10.5. The first-order valence-electron chi connectivity index (χ1n) is 4.84. The Labute approximate surface area is 91.2 Å². The van der Waals surface area contributed by atoms with Gasteiger partial charge in [-0.2, -0.15) is 0 Å². The van der Waals surface area contributed by atoms with E-state index in [2.05, 4.69) is 9.97 Å². The van der Waals surface area contributed by atoms with Crippen LogP contribution in [-0.2, 0) is 14.1 Å². The molecule has 2 aromatic heterocycles. The van der Waals surface area contributed by atoms with Crippen LogP contribution < -0.4 is 11.2 Å². The molecule has 0 aliphatic carbocycles. The van der Waals surface area contributed by atoms with Crippen LogP contribution in [0.2, 0.25) is 0 Å². The molecule has 84 valence electrons. The van der Waals surface area contributed by atoms with Gasteiger partial charge in [-0.05, 0) is 13.8 Å². The average Bonchev–Trinajstić information content (AvgIpc) is 2.22. The van der Waals surface area contributed by atoms with E-state index in [0.717, 1.165) is 4.57 Å². The molecule has 0 N–H and O–H groups in total. The third-order valence-electron chi connectivity index (χ3n) is 2.59. The van der Waals surface area contributed by atoms with Crippen molar-refractivity contribution in [3.63, 3.8) is 0 Å². The Morgan fingerprint density at radius 2 is 1.62 bits per heavy atom. The van der Waals surface area contributed by atoms with Crippen LogP contribution in [0.1, 0.15) is 11.5 Å². The Morgan fingerprint density at radius 3 is 2.25 bits per heavy atom. The van der Waals surface area contributed by atoms with E-state index < -0.39 is 0 Å². The monoisotopic (exact) mass is 220 g/mol. The minimum Gasteiger partial charge on any atom is -0.280 e. The molecule has 0 unspecified atom stereocenters. The van der Waals surface area contributed by atoms with Crippen molar-refractivity contribution in [2.24, 2.45) is 14.1 Å². The summed E-state index contributed by atoms with van der Waals surface area (Å²) >= 11 is 0. The largest absolute Gasteiger partial charge is 0.332 e. The molecule has 0 aliphatic heterocycles. The highest BCUT2D eigenvalue weighted by atomic mass is 16.2. The molecule has 2 rings (SSSR count). The molecule has 0 saturated heterocycles. The molecule has 0 aliphatic rings. The molecule has 0 atom stereocenters. The van der Waals surface area contributed by atoms with E-state index in [0.29, 0.717) is 22.6 Å². The number of hydrogen-bond donors (Lipinski definition) is 0. The van der Waals surface area contributed by atoms with Crippen LogP contribution in [0.15, 0.2) is 9.59 Å². The lowest BCUT2D eigenvalue weighted by Crippen LogP contribution is -2.37. The minimum atomic E-state index is -0.380. The molecule has 0 fully saturated rings. The number of aryl methyl sites for hydroxylation is 3. The van der Waals surface area contributed by atoms with Gasteiger partial charge >= 0.3 is 5.69 Å². The average molecular weight is 220 g/mol. The number of aromatic nitrogens is 4. The molecule has 2 aromatic rings. The Hall–Kier alpha value is -1.98. The number of rotatable bonds is 0. The summed E-state index contributed by atoms with van der Waals surface area (Å²) in [7, 11) is 3.04. The molecule has 0 amide bonds. The van der Waals surface area contributed by atoms with Gasteiger partial charge in [0.15, 0.2) is 5.65 Å². The first-order chi connectivity index (χ1) is 7.43. The molecule has 0 saturated carbocycles. The molecule has 0 bridgehead atoms. The lowest BCUT2D eigenvalue weighted by atomic mass is 10.3. The molecule has 0 spiro atoms. The van der Waals surface area contributed by atoms with Crippen LogP contribution in [0.3, 0.4) is 0 Å². The molecule has 2 heterocycles. The molecule has 0 aromatic carbocycles. The number of fused-ring (bicyclic) bond motifs is 1. The zero-order valence-electron chi connectivity index (χ0n) is 9.61. The maximum Gasteiger partial charge on any atom is 0.332 e. The second kappa shape index (κ2) is 3.26. The molecule has 6 heteroatoms. The van der Waals surface area contributed by atoms with Crippen molar-refractivity contribution in [2.75, 3.05) is 0 Å². The van der Waals surface area contributed by atoms with Crippen LogP contribution in [0.25, 0.3) is 11.0 Å². The molecular formula is C10H12N4O2. The fraction of sp³-hybridized carbons (Fsp3) is 0.400. The minimum absolute atomic E-state index is 0.351. The normalized spacial score (nSPS) is 11.0. The fourth-order valence-corrected chi connectivity index (χ4v) is 1.76. The second-order valence-electron chi connectivity index (χ2n) is 3.76. The van der Waals surface area contributed by atoms with Crippen LogP contribution in [-0.4, -0.2) is 19.1 Å². The third kappa shape index (κ3) is 1.26. The van der Waals surface area contributed by atoms with E-state index in [-0.39, 0.29) is 11.2 Å². The standard InChI is InChI=1S/C10H12N4O2/c1-5-7-8(12-6(2)11-5)13(3)10(16)14(4)9(7)15/h1-4H3. The van der Waals surface area contributed by atoms with E-state index in [1.807, 2.05) is 0 Å². The van der Waals surface area contributed by atoms with Gasteiger partial charge in [-0.1, -0.05) is 0 Å². The zero-order valence-corrected chi connectivity index (χ0v) is 9.61. The zero-order chi connectivity index (χ0) is 12.0. The van der Waals surface area contributed by atoms with Crippen molar-refractivity contribution in [1.29, 1.82) is 0 Å². The van der Waals surface area contributed by atoms with Gasteiger partial charge in [0.1, 0.15) is 11.2 Å². The summed E-state index contributed by atoms with van der Waals surface area (Å²) in [6.45, 7) is 3.47. The SMILES string of the molecule is Cc1nc(C)c2c(=O)n(C)c(=O)n(C)c2n1. The van der Waals surface area contributed by atoms with Gasteiger partial charge in [0.25, 0.3) is 5.56 Å². The van der Waals surface area contributed by atoms with E-state index in [1.165, 1.54) is 11.6 Å². The fourth-order valence-electron chi connectivity index (χ4n) is 1.76. The summed E-state index contributed by atoms with van der Waals surface area (Å²) in [6.07, 6.45) is 0. The van der Waals surface area contributed by atoms with Crippen LogP contribution in [0, 0.1) is 13.8 Å². The smallest absolute Gasteiger partial charge is 0.280 e. The Bertz CT molecular complexity index is 697. The van der Waals surface area contributed by atoms with Gasteiger partial charge < -0.3 is 0 Å². The lowest BCUT2D eigenvalue weighted by molar-refractivity contribution is 0.703. The van der Waals surface area contributed by atoms with Crippen LogP contribution in [0.5, 0.6) is 0 Å². The summed E-state index contributed by atoms with van der Waals surface area (Å²) in [4.78, 5) is 31.9. The van der Waals surface area contributed by atoms with Gasteiger partial charge in [-0.15, -0.1) is 0 Å².